The van der Waals surface area contributed by atoms with Crippen molar-refractivity contribution in [2.24, 2.45) is 5.41 Å². The summed E-state index contributed by atoms with van der Waals surface area (Å²) in [5.41, 5.74) is -0.504. The van der Waals surface area contributed by atoms with Gasteiger partial charge in [-0.15, -0.1) is 0 Å². The van der Waals surface area contributed by atoms with Gasteiger partial charge in [0.1, 0.15) is 11.2 Å². The molecule has 0 radical (unpaired) electrons. The number of alkyl halides is 3. The predicted molar refractivity (Wildman–Crippen MR) is 136 cm³/mol. The van der Waals surface area contributed by atoms with Gasteiger partial charge in [-0.2, -0.15) is 18.2 Å². The van der Waals surface area contributed by atoms with E-state index in [0.717, 1.165) is 5.56 Å². The molecule has 1 saturated carbocycles. The summed E-state index contributed by atoms with van der Waals surface area (Å²) in [6.45, 7) is 6.09. The van der Waals surface area contributed by atoms with Gasteiger partial charge in [-0.1, -0.05) is 69.5 Å². The van der Waals surface area contributed by atoms with E-state index < -0.39 is 23.2 Å². The van der Waals surface area contributed by atoms with Gasteiger partial charge in [0.2, 0.25) is 5.91 Å². The van der Waals surface area contributed by atoms with Crippen LogP contribution in [-0.2, 0) is 16.8 Å². The van der Waals surface area contributed by atoms with E-state index in [9.17, 15) is 22.8 Å². The summed E-state index contributed by atoms with van der Waals surface area (Å²) in [6.07, 6.45) is -4.31. The number of benzene rings is 2. The fourth-order valence-electron chi connectivity index (χ4n) is 4.60. The smallest absolute Gasteiger partial charge is 0.351 e. The van der Waals surface area contributed by atoms with Gasteiger partial charge in [0.25, 0.3) is 0 Å². The van der Waals surface area contributed by atoms with Gasteiger partial charge in [-0.05, 0) is 47.6 Å². The Bertz CT molecular complexity index is 1370. The Morgan fingerprint density at radius 2 is 1.78 bits per heavy atom. The third kappa shape index (κ3) is 5.56. The predicted octanol–water partition coefficient (Wildman–Crippen LogP) is 6.19. The van der Waals surface area contributed by atoms with Gasteiger partial charge in [-0.3, -0.25) is 9.78 Å². The Morgan fingerprint density at radius 1 is 1.08 bits per heavy atom. The minimum absolute atomic E-state index is 0.120. The molecule has 4 rings (SSSR count). The molecule has 0 aliphatic heterocycles. The van der Waals surface area contributed by atoms with Crippen LogP contribution in [0.2, 0.25) is 5.02 Å². The Kier molecular flexibility index (Phi) is 7.21. The van der Waals surface area contributed by atoms with Crippen molar-refractivity contribution in [3.05, 3.63) is 69.1 Å². The van der Waals surface area contributed by atoms with Crippen molar-refractivity contribution in [3.8, 4) is 22.8 Å². The van der Waals surface area contributed by atoms with Gasteiger partial charge in [0.05, 0.1) is 5.02 Å². The van der Waals surface area contributed by atoms with Gasteiger partial charge in [0, 0.05) is 17.7 Å². The van der Waals surface area contributed by atoms with Gasteiger partial charge in [-0.25, -0.2) is 9.78 Å². The second kappa shape index (κ2) is 9.93. The average Bonchev–Trinajstić information content (AvgIpc) is 3.34. The van der Waals surface area contributed by atoms with Crippen LogP contribution in [0.15, 0.2) is 47.3 Å². The summed E-state index contributed by atoms with van der Waals surface area (Å²) in [4.78, 5) is 36.1. The van der Waals surface area contributed by atoms with Gasteiger partial charge >= 0.3 is 11.9 Å². The second-order valence-corrected chi connectivity index (χ2v) is 10.8. The van der Waals surface area contributed by atoms with E-state index >= 15 is 0 Å². The molecule has 1 aromatic heterocycles. The van der Waals surface area contributed by atoms with Crippen LogP contribution < -0.4 is 11.0 Å². The van der Waals surface area contributed by atoms with E-state index in [0.29, 0.717) is 29.5 Å². The molecule has 0 unspecified atom stereocenters. The SMILES string of the molecule is CC(C)(C)c1cccc(-c2nc(-c3cc(CNC(=O)C4(C(F)(F)F)CCCC4)ccc3Cl)[nH]c(=O)n2)c1. The molecule has 196 valence electrons. The van der Waals surface area contributed by atoms with Crippen LogP contribution >= 0.6 is 11.6 Å². The molecule has 1 fully saturated rings. The largest absolute Gasteiger partial charge is 0.403 e. The minimum atomic E-state index is -4.61. The first kappa shape index (κ1) is 26.9. The molecule has 1 aliphatic carbocycles. The van der Waals surface area contributed by atoms with Crippen molar-refractivity contribution in [1.82, 2.24) is 20.3 Å². The molecule has 1 aliphatic rings. The van der Waals surface area contributed by atoms with Crippen molar-refractivity contribution >= 4 is 17.5 Å². The fourth-order valence-corrected chi connectivity index (χ4v) is 4.81. The van der Waals surface area contributed by atoms with Crippen molar-refractivity contribution in [3.63, 3.8) is 0 Å². The first-order valence-electron chi connectivity index (χ1n) is 12.0. The van der Waals surface area contributed by atoms with Crippen molar-refractivity contribution in [2.75, 3.05) is 0 Å². The molecule has 10 heteroatoms. The van der Waals surface area contributed by atoms with Crippen molar-refractivity contribution in [2.45, 2.75) is 64.6 Å². The van der Waals surface area contributed by atoms with E-state index in [1.807, 2.05) is 18.2 Å². The number of hydrogen-bond donors (Lipinski definition) is 2. The van der Waals surface area contributed by atoms with Crippen LogP contribution in [0.3, 0.4) is 0 Å². The molecule has 0 bridgehead atoms. The standard InChI is InChI=1S/C27H28ClF3N4O2/c1-25(2,3)18-8-6-7-17(14-18)21-33-22(35-24(37)34-21)19-13-16(9-10-20(19)28)15-32-23(36)26(27(29,30)31)11-4-5-12-26/h6-10,13-14H,4-5,11-12,15H2,1-3H3,(H,32,36)(H,33,34,35,37). The third-order valence-corrected chi connectivity index (χ3v) is 7.14. The average molecular weight is 533 g/mol. The topological polar surface area (TPSA) is 87.7 Å². The number of aromatic nitrogens is 3. The third-order valence-electron chi connectivity index (χ3n) is 6.81. The summed E-state index contributed by atoms with van der Waals surface area (Å²) < 4.78 is 41.1. The summed E-state index contributed by atoms with van der Waals surface area (Å²) in [5, 5.41) is 2.73. The number of rotatable bonds is 5. The summed E-state index contributed by atoms with van der Waals surface area (Å²) in [5.74, 6) is -0.643. The number of hydrogen-bond acceptors (Lipinski definition) is 4. The van der Waals surface area contributed by atoms with E-state index in [-0.39, 0.29) is 41.5 Å². The highest BCUT2D eigenvalue weighted by molar-refractivity contribution is 6.33. The molecule has 37 heavy (non-hydrogen) atoms. The lowest BCUT2D eigenvalue weighted by Crippen LogP contribution is -2.48. The summed E-state index contributed by atoms with van der Waals surface area (Å²) in [7, 11) is 0. The van der Waals surface area contributed by atoms with Gasteiger partial charge in [0.15, 0.2) is 5.82 Å². The number of amides is 1. The number of aromatic amines is 1. The van der Waals surface area contributed by atoms with Crippen molar-refractivity contribution < 1.29 is 18.0 Å². The zero-order chi connectivity index (χ0) is 27.0. The number of nitrogens with zero attached hydrogens (tertiary/aromatic N) is 2. The monoisotopic (exact) mass is 532 g/mol. The quantitative estimate of drug-likeness (QED) is 0.410. The Hall–Kier alpha value is -3.20. The first-order chi connectivity index (χ1) is 17.3. The van der Waals surface area contributed by atoms with Crippen LogP contribution in [-0.4, -0.2) is 27.0 Å². The van der Waals surface area contributed by atoms with Crippen LogP contribution in [0.4, 0.5) is 13.2 Å². The second-order valence-electron chi connectivity index (χ2n) is 10.4. The summed E-state index contributed by atoms with van der Waals surface area (Å²) in [6, 6.07) is 12.3. The highest BCUT2D eigenvalue weighted by Gasteiger charge is 2.60. The van der Waals surface area contributed by atoms with Crippen LogP contribution in [0, 0.1) is 5.41 Å². The molecular formula is C27H28ClF3N4O2. The number of carbonyl (C=O) groups excluding carboxylic acids is 1. The van der Waals surface area contributed by atoms with Gasteiger partial charge < -0.3 is 5.32 Å². The molecule has 0 spiro atoms. The molecule has 0 saturated heterocycles. The van der Waals surface area contributed by atoms with E-state index in [1.54, 1.807) is 24.3 Å². The zero-order valence-corrected chi connectivity index (χ0v) is 21.6. The number of H-pyrrole nitrogens is 1. The van der Waals surface area contributed by atoms with E-state index in [1.165, 1.54) is 0 Å². The lowest BCUT2D eigenvalue weighted by atomic mass is 9.84. The maximum atomic E-state index is 13.7. The molecule has 0 atom stereocenters. The first-order valence-corrected chi connectivity index (χ1v) is 12.4. The lowest BCUT2D eigenvalue weighted by molar-refractivity contribution is -0.220. The number of halogens is 4. The fraction of sp³-hybridized carbons (Fsp3) is 0.407. The molecule has 6 nitrogen and oxygen atoms in total. The normalized spacial score (nSPS) is 15.5. The van der Waals surface area contributed by atoms with Crippen LogP contribution in [0.25, 0.3) is 22.8 Å². The minimum Gasteiger partial charge on any atom is -0.351 e. The summed E-state index contributed by atoms with van der Waals surface area (Å²) >= 11 is 6.40. The Labute approximate surface area is 217 Å². The van der Waals surface area contributed by atoms with Crippen molar-refractivity contribution in [1.29, 1.82) is 0 Å². The number of carbonyl (C=O) groups is 1. The van der Waals surface area contributed by atoms with E-state index in [4.69, 9.17) is 11.6 Å². The Morgan fingerprint density at radius 3 is 2.43 bits per heavy atom. The van der Waals surface area contributed by atoms with Crippen LogP contribution in [0.1, 0.15) is 57.6 Å². The molecular weight excluding hydrogens is 505 g/mol. The highest BCUT2D eigenvalue weighted by atomic mass is 35.5. The molecule has 2 aromatic carbocycles. The number of nitrogens with one attached hydrogen (secondary N) is 2. The Balaban J connectivity index is 1.63. The lowest BCUT2D eigenvalue weighted by Gasteiger charge is -2.30. The highest BCUT2D eigenvalue weighted by Crippen LogP contribution is 2.50. The maximum absolute atomic E-state index is 13.7. The molecule has 1 heterocycles. The van der Waals surface area contributed by atoms with Crippen LogP contribution in [0.5, 0.6) is 0 Å². The molecule has 3 aromatic rings. The zero-order valence-electron chi connectivity index (χ0n) is 20.8. The molecule has 1 amide bonds. The molecule has 2 N–H and O–H groups in total. The van der Waals surface area contributed by atoms with E-state index in [2.05, 4.69) is 41.0 Å². The maximum Gasteiger partial charge on any atom is 0.403 e.